The molecule has 0 amide bonds. The van der Waals surface area contributed by atoms with Gasteiger partial charge in [-0.3, -0.25) is 4.68 Å². The van der Waals surface area contributed by atoms with Crippen LogP contribution in [0.4, 0.5) is 0 Å². The van der Waals surface area contributed by atoms with E-state index in [2.05, 4.69) is 37.5 Å². The van der Waals surface area contributed by atoms with E-state index in [0.29, 0.717) is 6.04 Å². The zero-order chi connectivity index (χ0) is 15.3. The van der Waals surface area contributed by atoms with Crippen LogP contribution in [-0.4, -0.2) is 16.8 Å². The first-order valence-corrected chi connectivity index (χ1v) is 9.01. The fraction of sp³-hybridized carbons (Fsp3) is 0.833. The number of unbranched alkanes of at least 4 members (excludes halogenated alkanes) is 8. The van der Waals surface area contributed by atoms with Crippen molar-refractivity contribution in [2.75, 3.05) is 7.05 Å². The summed E-state index contributed by atoms with van der Waals surface area (Å²) in [6.45, 7) is 5.36. The first-order chi connectivity index (χ1) is 10.3. The Morgan fingerprint density at radius 3 is 2.14 bits per heavy atom. The summed E-state index contributed by atoms with van der Waals surface area (Å²) in [4.78, 5) is 0. The minimum absolute atomic E-state index is 0.467. The predicted octanol–water partition coefficient (Wildman–Crippen LogP) is 5.08. The van der Waals surface area contributed by atoms with Crippen molar-refractivity contribution in [2.24, 2.45) is 0 Å². The SMILES string of the molecule is CCCCCCCCCCCC(NC)c1cnn(CC)c1. The molecule has 1 unspecified atom stereocenters. The van der Waals surface area contributed by atoms with Gasteiger partial charge in [-0.25, -0.2) is 0 Å². The van der Waals surface area contributed by atoms with Gasteiger partial charge < -0.3 is 5.32 Å². The molecular weight excluding hydrogens is 258 g/mol. The summed E-state index contributed by atoms with van der Waals surface area (Å²) in [5, 5.41) is 7.80. The van der Waals surface area contributed by atoms with Gasteiger partial charge >= 0.3 is 0 Å². The normalized spacial score (nSPS) is 12.7. The van der Waals surface area contributed by atoms with E-state index >= 15 is 0 Å². The first-order valence-electron chi connectivity index (χ1n) is 9.01. The Hall–Kier alpha value is -0.830. The first kappa shape index (κ1) is 18.2. The van der Waals surface area contributed by atoms with E-state index in [9.17, 15) is 0 Å². The molecule has 3 nitrogen and oxygen atoms in total. The van der Waals surface area contributed by atoms with Crippen LogP contribution in [0, 0.1) is 0 Å². The predicted molar refractivity (Wildman–Crippen MR) is 91.5 cm³/mol. The molecule has 21 heavy (non-hydrogen) atoms. The number of rotatable bonds is 13. The second-order valence-corrected chi connectivity index (χ2v) is 6.09. The van der Waals surface area contributed by atoms with Crippen LogP contribution in [0.15, 0.2) is 12.4 Å². The van der Waals surface area contributed by atoms with Crippen LogP contribution in [0.25, 0.3) is 0 Å². The maximum absolute atomic E-state index is 4.37. The average molecular weight is 293 g/mol. The minimum Gasteiger partial charge on any atom is -0.313 e. The molecule has 1 aromatic heterocycles. The van der Waals surface area contributed by atoms with Crippen molar-refractivity contribution in [1.82, 2.24) is 15.1 Å². The van der Waals surface area contributed by atoms with E-state index < -0.39 is 0 Å². The summed E-state index contributed by atoms with van der Waals surface area (Å²) in [5.74, 6) is 0. The zero-order valence-corrected chi connectivity index (χ0v) is 14.4. The van der Waals surface area contributed by atoms with Gasteiger partial charge in [0.25, 0.3) is 0 Å². The molecule has 1 N–H and O–H groups in total. The minimum atomic E-state index is 0.467. The van der Waals surface area contributed by atoms with Crippen molar-refractivity contribution in [1.29, 1.82) is 0 Å². The van der Waals surface area contributed by atoms with E-state index in [0.717, 1.165) is 6.54 Å². The molecular formula is C18H35N3. The molecule has 0 aliphatic rings. The van der Waals surface area contributed by atoms with E-state index in [1.54, 1.807) is 0 Å². The molecule has 0 radical (unpaired) electrons. The molecule has 1 aromatic rings. The van der Waals surface area contributed by atoms with Crippen LogP contribution >= 0.6 is 0 Å². The molecule has 122 valence electrons. The number of hydrogen-bond acceptors (Lipinski definition) is 2. The van der Waals surface area contributed by atoms with Crippen molar-refractivity contribution in [3.05, 3.63) is 18.0 Å². The van der Waals surface area contributed by atoms with Gasteiger partial charge in [-0.1, -0.05) is 64.7 Å². The summed E-state index contributed by atoms with van der Waals surface area (Å²) in [5.41, 5.74) is 1.33. The number of aryl methyl sites for hydroxylation is 1. The third-order valence-corrected chi connectivity index (χ3v) is 4.32. The number of nitrogens with zero attached hydrogens (tertiary/aromatic N) is 2. The smallest absolute Gasteiger partial charge is 0.0537 e. The Morgan fingerprint density at radius 1 is 1.00 bits per heavy atom. The Kier molecular flexibility index (Phi) is 10.2. The lowest BCUT2D eigenvalue weighted by Gasteiger charge is -2.14. The fourth-order valence-corrected chi connectivity index (χ4v) is 2.87. The molecule has 0 aromatic carbocycles. The van der Waals surface area contributed by atoms with E-state index in [1.807, 2.05) is 10.9 Å². The van der Waals surface area contributed by atoms with Crippen LogP contribution in [0.2, 0.25) is 0 Å². The number of nitrogens with one attached hydrogen (secondary N) is 1. The molecule has 0 spiro atoms. The Balaban J connectivity index is 2.07. The van der Waals surface area contributed by atoms with Crippen LogP contribution in [0.1, 0.15) is 89.7 Å². The van der Waals surface area contributed by atoms with Crippen LogP contribution < -0.4 is 5.32 Å². The van der Waals surface area contributed by atoms with Gasteiger partial charge in [0.2, 0.25) is 0 Å². The summed E-state index contributed by atoms with van der Waals surface area (Å²) in [6, 6.07) is 0.467. The maximum Gasteiger partial charge on any atom is 0.0537 e. The number of hydrogen-bond donors (Lipinski definition) is 1. The Bertz CT molecular complexity index is 346. The van der Waals surface area contributed by atoms with Crippen LogP contribution in [0.3, 0.4) is 0 Å². The Morgan fingerprint density at radius 2 is 1.62 bits per heavy atom. The largest absolute Gasteiger partial charge is 0.313 e. The molecule has 1 heterocycles. The molecule has 1 atom stereocenters. The van der Waals surface area contributed by atoms with Crippen molar-refractivity contribution >= 4 is 0 Å². The highest BCUT2D eigenvalue weighted by Crippen LogP contribution is 2.20. The van der Waals surface area contributed by atoms with Gasteiger partial charge in [0, 0.05) is 24.3 Å². The summed E-state index contributed by atoms with van der Waals surface area (Å²) in [6.07, 6.45) is 18.0. The van der Waals surface area contributed by atoms with E-state index in [4.69, 9.17) is 0 Å². The second-order valence-electron chi connectivity index (χ2n) is 6.09. The molecule has 0 bridgehead atoms. The lowest BCUT2D eigenvalue weighted by atomic mass is 10.0. The van der Waals surface area contributed by atoms with E-state index in [1.165, 1.54) is 69.8 Å². The summed E-state index contributed by atoms with van der Waals surface area (Å²) >= 11 is 0. The monoisotopic (exact) mass is 293 g/mol. The maximum atomic E-state index is 4.37. The quantitative estimate of drug-likeness (QED) is 0.514. The third-order valence-electron chi connectivity index (χ3n) is 4.32. The molecule has 3 heteroatoms. The Labute approximate surface area is 131 Å². The lowest BCUT2D eigenvalue weighted by molar-refractivity contribution is 0.493. The standard InChI is InChI=1S/C18H35N3/c1-4-6-7-8-9-10-11-12-13-14-18(19-3)17-15-20-21(5-2)16-17/h15-16,18-19H,4-14H2,1-3H3. The van der Waals surface area contributed by atoms with Crippen molar-refractivity contribution in [3.8, 4) is 0 Å². The van der Waals surface area contributed by atoms with Gasteiger partial charge in [-0.05, 0) is 20.4 Å². The topological polar surface area (TPSA) is 29.9 Å². The fourth-order valence-electron chi connectivity index (χ4n) is 2.87. The summed E-state index contributed by atoms with van der Waals surface area (Å²) < 4.78 is 2.01. The van der Waals surface area contributed by atoms with Gasteiger partial charge in [0.1, 0.15) is 0 Å². The molecule has 0 aliphatic heterocycles. The molecule has 1 rings (SSSR count). The van der Waals surface area contributed by atoms with Crippen LogP contribution in [0.5, 0.6) is 0 Å². The lowest BCUT2D eigenvalue weighted by Crippen LogP contribution is -2.15. The third kappa shape index (κ3) is 7.66. The highest BCUT2D eigenvalue weighted by molar-refractivity contribution is 5.10. The van der Waals surface area contributed by atoms with Crippen molar-refractivity contribution in [3.63, 3.8) is 0 Å². The van der Waals surface area contributed by atoms with Gasteiger partial charge in [0.05, 0.1) is 6.20 Å². The van der Waals surface area contributed by atoms with Crippen molar-refractivity contribution < 1.29 is 0 Å². The van der Waals surface area contributed by atoms with Crippen molar-refractivity contribution in [2.45, 2.75) is 90.6 Å². The highest BCUT2D eigenvalue weighted by atomic mass is 15.3. The second kappa shape index (κ2) is 11.8. The molecule has 0 fully saturated rings. The van der Waals surface area contributed by atoms with Gasteiger partial charge in [0.15, 0.2) is 0 Å². The summed E-state index contributed by atoms with van der Waals surface area (Å²) in [7, 11) is 2.06. The average Bonchev–Trinajstić information content (AvgIpc) is 2.98. The highest BCUT2D eigenvalue weighted by Gasteiger charge is 2.10. The molecule has 0 aliphatic carbocycles. The molecule has 0 saturated carbocycles. The van der Waals surface area contributed by atoms with Crippen LogP contribution in [-0.2, 0) is 6.54 Å². The molecule has 0 saturated heterocycles. The number of aromatic nitrogens is 2. The zero-order valence-electron chi connectivity index (χ0n) is 14.4. The van der Waals surface area contributed by atoms with Gasteiger partial charge in [-0.2, -0.15) is 5.10 Å². The van der Waals surface area contributed by atoms with E-state index in [-0.39, 0.29) is 0 Å². The van der Waals surface area contributed by atoms with Gasteiger partial charge in [-0.15, -0.1) is 0 Å².